The van der Waals surface area contributed by atoms with E-state index in [1.165, 1.54) is 17.4 Å². The van der Waals surface area contributed by atoms with Crippen molar-refractivity contribution >= 4 is 26.7 Å². The second kappa shape index (κ2) is 4.83. The molecule has 3 heterocycles. The lowest BCUT2D eigenvalue weighted by Gasteiger charge is -2.18. The summed E-state index contributed by atoms with van der Waals surface area (Å²) in [6.45, 7) is 3.94. The maximum atomic E-state index is 13.1. The number of hydrogen-bond donors (Lipinski definition) is 0. The van der Waals surface area contributed by atoms with Crippen LogP contribution in [0.3, 0.4) is 0 Å². The van der Waals surface area contributed by atoms with Crippen LogP contribution in [0.2, 0.25) is 0 Å². The average molecular weight is 327 g/mol. The van der Waals surface area contributed by atoms with Gasteiger partial charge < -0.3 is 9.80 Å². The molecule has 3 nitrogen and oxygen atoms in total. The van der Waals surface area contributed by atoms with Crippen LogP contribution in [0.5, 0.6) is 0 Å². The van der Waals surface area contributed by atoms with Gasteiger partial charge in [-0.1, -0.05) is 17.4 Å². The van der Waals surface area contributed by atoms with Crippen molar-refractivity contribution in [3.05, 3.63) is 23.8 Å². The minimum absolute atomic E-state index is 0.0872. The normalized spacial score (nSPS) is 26.1. The van der Waals surface area contributed by atoms with E-state index in [-0.39, 0.29) is 5.52 Å². The Morgan fingerprint density at radius 1 is 1.14 bits per heavy atom. The topological polar surface area (TPSA) is 19.4 Å². The van der Waals surface area contributed by atoms with Crippen molar-refractivity contribution in [2.75, 3.05) is 38.1 Å². The summed E-state index contributed by atoms with van der Waals surface area (Å²) >= 11 is 1.37. The summed E-state index contributed by atoms with van der Waals surface area (Å²) in [6, 6.07) is 4.29. The molecule has 0 spiro atoms. The van der Waals surface area contributed by atoms with Gasteiger partial charge in [-0.15, -0.1) is 0 Å². The van der Waals surface area contributed by atoms with Crippen molar-refractivity contribution in [2.24, 2.45) is 11.8 Å². The molecule has 2 atom stereocenters. The molecule has 7 heteroatoms. The first-order valence-electron chi connectivity index (χ1n) is 7.32. The summed E-state index contributed by atoms with van der Waals surface area (Å²) in [5.74, 6) is 1.22. The molecule has 118 valence electrons. The number of para-hydroxylation sites is 1. The molecule has 4 rings (SSSR count). The molecule has 0 bridgehead atoms. The van der Waals surface area contributed by atoms with Gasteiger partial charge in [-0.05, 0) is 31.0 Å². The van der Waals surface area contributed by atoms with Crippen molar-refractivity contribution < 1.29 is 13.2 Å². The number of alkyl halides is 3. The lowest BCUT2D eigenvalue weighted by atomic mass is 10.0. The van der Waals surface area contributed by atoms with E-state index in [0.717, 1.165) is 37.4 Å². The summed E-state index contributed by atoms with van der Waals surface area (Å²) in [5, 5.41) is 0.726. The Morgan fingerprint density at radius 3 is 2.45 bits per heavy atom. The van der Waals surface area contributed by atoms with Crippen LogP contribution in [-0.2, 0) is 6.18 Å². The molecule has 0 N–H and O–H groups in total. The van der Waals surface area contributed by atoms with E-state index < -0.39 is 11.7 Å². The van der Waals surface area contributed by atoms with Crippen LogP contribution in [0.1, 0.15) is 5.56 Å². The molecule has 2 unspecified atom stereocenters. The Hall–Kier alpha value is -1.34. The zero-order valence-electron chi connectivity index (χ0n) is 12.1. The summed E-state index contributed by atoms with van der Waals surface area (Å²) in [5.41, 5.74) is -0.546. The predicted molar refractivity (Wildman–Crippen MR) is 81.3 cm³/mol. The van der Waals surface area contributed by atoms with Crippen LogP contribution in [0.15, 0.2) is 18.2 Å². The van der Waals surface area contributed by atoms with Crippen molar-refractivity contribution in [3.8, 4) is 0 Å². The number of aromatic nitrogens is 1. The number of rotatable bonds is 1. The van der Waals surface area contributed by atoms with Crippen LogP contribution in [0, 0.1) is 11.8 Å². The standard InChI is InChI=1S/C15H16F3N3S/c1-20-5-9-7-21(8-10(9)6-20)14-19-13-11(15(16,17)18)3-2-4-12(13)22-14/h2-4,9-10H,5-8H2,1H3. The minimum Gasteiger partial charge on any atom is -0.347 e. The number of halogens is 3. The largest absolute Gasteiger partial charge is 0.418 e. The van der Waals surface area contributed by atoms with Gasteiger partial charge >= 0.3 is 6.18 Å². The van der Waals surface area contributed by atoms with Gasteiger partial charge in [0.05, 0.1) is 15.8 Å². The third-order valence-electron chi connectivity index (χ3n) is 4.65. The maximum absolute atomic E-state index is 13.1. The van der Waals surface area contributed by atoms with Gasteiger partial charge in [0.25, 0.3) is 0 Å². The molecule has 22 heavy (non-hydrogen) atoms. The quantitative estimate of drug-likeness (QED) is 0.801. The number of hydrogen-bond acceptors (Lipinski definition) is 4. The first kappa shape index (κ1) is 14.3. The van der Waals surface area contributed by atoms with Crippen LogP contribution >= 0.6 is 11.3 Å². The highest BCUT2D eigenvalue weighted by Gasteiger charge is 2.40. The first-order valence-corrected chi connectivity index (χ1v) is 8.13. The SMILES string of the molecule is CN1CC2CN(c3nc4c(C(F)(F)F)cccc4s3)CC2C1. The van der Waals surface area contributed by atoms with Crippen molar-refractivity contribution in [2.45, 2.75) is 6.18 Å². The third kappa shape index (κ3) is 2.27. The first-order chi connectivity index (χ1) is 10.4. The fourth-order valence-corrected chi connectivity index (χ4v) is 4.70. The Balaban J connectivity index is 1.67. The monoisotopic (exact) mass is 327 g/mol. The van der Waals surface area contributed by atoms with Crippen LogP contribution in [-0.4, -0.2) is 43.1 Å². The highest BCUT2D eigenvalue weighted by molar-refractivity contribution is 7.22. The summed E-state index contributed by atoms with van der Waals surface area (Å²) in [4.78, 5) is 8.80. The number of fused-ring (bicyclic) bond motifs is 2. The number of nitrogens with zero attached hydrogens (tertiary/aromatic N) is 3. The van der Waals surface area contributed by atoms with Crippen molar-refractivity contribution in [1.82, 2.24) is 9.88 Å². The molecule has 1 aromatic heterocycles. The summed E-state index contributed by atoms with van der Waals surface area (Å²) in [7, 11) is 2.12. The molecule has 0 saturated carbocycles. The van der Waals surface area contributed by atoms with Gasteiger partial charge in [-0.25, -0.2) is 4.98 Å². The highest BCUT2D eigenvalue weighted by atomic mass is 32.1. The van der Waals surface area contributed by atoms with Crippen LogP contribution in [0.4, 0.5) is 18.3 Å². The molecular weight excluding hydrogens is 311 g/mol. The zero-order valence-corrected chi connectivity index (χ0v) is 12.9. The molecule has 2 aromatic rings. The molecule has 0 amide bonds. The molecule has 0 aliphatic carbocycles. The molecule has 1 aromatic carbocycles. The smallest absolute Gasteiger partial charge is 0.347 e. The molecule has 2 saturated heterocycles. The van der Waals surface area contributed by atoms with Gasteiger partial charge in [0.15, 0.2) is 5.13 Å². The molecular formula is C15H16F3N3S. The average Bonchev–Trinajstić information content (AvgIpc) is 3.07. The van der Waals surface area contributed by atoms with E-state index in [9.17, 15) is 13.2 Å². The maximum Gasteiger partial charge on any atom is 0.418 e. The van der Waals surface area contributed by atoms with Crippen molar-refractivity contribution in [3.63, 3.8) is 0 Å². The molecule has 2 aliphatic rings. The Bertz CT molecular complexity index is 698. The second-order valence-electron chi connectivity index (χ2n) is 6.29. The fraction of sp³-hybridized carbons (Fsp3) is 0.533. The van der Waals surface area contributed by atoms with Crippen molar-refractivity contribution in [1.29, 1.82) is 0 Å². The summed E-state index contributed by atoms with van der Waals surface area (Å²) < 4.78 is 39.9. The van der Waals surface area contributed by atoms with E-state index in [0.29, 0.717) is 16.5 Å². The molecule has 2 fully saturated rings. The fourth-order valence-electron chi connectivity index (χ4n) is 3.68. The van der Waals surface area contributed by atoms with E-state index in [1.807, 2.05) is 0 Å². The third-order valence-corrected chi connectivity index (χ3v) is 5.73. The number of benzene rings is 1. The van der Waals surface area contributed by atoms with E-state index in [4.69, 9.17) is 0 Å². The highest BCUT2D eigenvalue weighted by Crippen LogP contribution is 2.40. The van der Waals surface area contributed by atoms with Crippen LogP contribution in [0.25, 0.3) is 10.2 Å². The van der Waals surface area contributed by atoms with Gasteiger partial charge in [0, 0.05) is 26.2 Å². The lowest BCUT2D eigenvalue weighted by molar-refractivity contribution is -0.136. The number of thiazole rings is 1. The lowest BCUT2D eigenvalue weighted by Crippen LogP contribution is -2.26. The van der Waals surface area contributed by atoms with Gasteiger partial charge in [-0.2, -0.15) is 13.2 Å². The number of likely N-dealkylation sites (tertiary alicyclic amines) is 1. The van der Waals surface area contributed by atoms with Gasteiger partial charge in [0.1, 0.15) is 0 Å². The van der Waals surface area contributed by atoms with Gasteiger partial charge in [-0.3, -0.25) is 0 Å². The Kier molecular flexibility index (Phi) is 3.13. The molecule has 2 aliphatic heterocycles. The van der Waals surface area contributed by atoms with E-state index in [2.05, 4.69) is 21.8 Å². The predicted octanol–water partition coefficient (Wildman–Crippen LogP) is 3.31. The Morgan fingerprint density at radius 2 is 1.82 bits per heavy atom. The molecule has 0 radical (unpaired) electrons. The van der Waals surface area contributed by atoms with E-state index in [1.54, 1.807) is 6.07 Å². The summed E-state index contributed by atoms with van der Waals surface area (Å²) in [6.07, 6.45) is -4.35. The second-order valence-corrected chi connectivity index (χ2v) is 7.30. The van der Waals surface area contributed by atoms with E-state index >= 15 is 0 Å². The minimum atomic E-state index is -4.35. The van der Waals surface area contributed by atoms with Gasteiger partial charge in [0.2, 0.25) is 0 Å². The van der Waals surface area contributed by atoms with Crippen LogP contribution < -0.4 is 4.90 Å². The number of anilines is 1. The zero-order chi connectivity index (χ0) is 15.5. The Labute approximate surface area is 130 Å².